The first-order chi connectivity index (χ1) is 9.34. The number of amides is 2. The maximum Gasteiger partial charge on any atom is 0.242 e. The van der Waals surface area contributed by atoms with Crippen molar-refractivity contribution in [1.29, 1.82) is 0 Å². The normalized spacial score (nSPS) is 24.4. The van der Waals surface area contributed by atoms with E-state index in [4.69, 9.17) is 0 Å². The number of nitrogens with zero attached hydrogens (tertiary/aromatic N) is 2. The summed E-state index contributed by atoms with van der Waals surface area (Å²) in [5, 5.41) is 0. The van der Waals surface area contributed by atoms with E-state index in [2.05, 4.69) is 0 Å². The summed E-state index contributed by atoms with van der Waals surface area (Å²) < 4.78 is 23.1. The smallest absolute Gasteiger partial charge is 0.242 e. The summed E-state index contributed by atoms with van der Waals surface area (Å²) in [5.41, 5.74) is 0. The Labute approximate surface area is 120 Å². The Morgan fingerprint density at radius 3 is 2.15 bits per heavy atom. The van der Waals surface area contributed by atoms with Gasteiger partial charge in [0, 0.05) is 25.6 Å². The van der Waals surface area contributed by atoms with Crippen LogP contribution in [-0.2, 0) is 19.4 Å². The Morgan fingerprint density at radius 2 is 1.75 bits per heavy atom. The summed E-state index contributed by atoms with van der Waals surface area (Å²) in [6.07, 6.45) is 2.42. The van der Waals surface area contributed by atoms with Gasteiger partial charge in [-0.2, -0.15) is 0 Å². The third kappa shape index (κ3) is 3.50. The molecule has 20 heavy (non-hydrogen) atoms. The summed E-state index contributed by atoms with van der Waals surface area (Å²) in [6, 6.07) is -0.0343. The molecule has 2 aliphatic rings. The minimum absolute atomic E-state index is 0.0517. The van der Waals surface area contributed by atoms with E-state index in [0.29, 0.717) is 13.0 Å². The zero-order chi connectivity index (χ0) is 14.9. The molecule has 0 aromatic carbocycles. The molecule has 2 amide bonds. The van der Waals surface area contributed by atoms with Gasteiger partial charge in [-0.3, -0.25) is 9.59 Å². The minimum atomic E-state index is -3.01. The van der Waals surface area contributed by atoms with E-state index in [-0.39, 0.29) is 41.9 Å². The van der Waals surface area contributed by atoms with Crippen molar-refractivity contribution < 1.29 is 18.0 Å². The van der Waals surface area contributed by atoms with Gasteiger partial charge in [-0.25, -0.2) is 8.42 Å². The molecular formula is C13H22N2O4S. The number of sulfone groups is 1. The van der Waals surface area contributed by atoms with Gasteiger partial charge in [0.1, 0.15) is 0 Å². The van der Waals surface area contributed by atoms with E-state index in [1.807, 2.05) is 6.92 Å². The van der Waals surface area contributed by atoms with Gasteiger partial charge in [-0.05, 0) is 26.2 Å². The topological polar surface area (TPSA) is 74.8 Å². The lowest BCUT2D eigenvalue weighted by molar-refractivity contribution is -0.140. The maximum absolute atomic E-state index is 12.4. The molecule has 0 bridgehead atoms. The van der Waals surface area contributed by atoms with Crippen LogP contribution in [0.15, 0.2) is 0 Å². The van der Waals surface area contributed by atoms with E-state index < -0.39 is 9.84 Å². The summed E-state index contributed by atoms with van der Waals surface area (Å²) in [6.45, 7) is 3.87. The number of carbonyl (C=O) groups is 2. The molecular weight excluding hydrogens is 280 g/mol. The van der Waals surface area contributed by atoms with Crippen LogP contribution in [0.25, 0.3) is 0 Å². The fourth-order valence-corrected chi connectivity index (χ4v) is 4.51. The second-order valence-corrected chi connectivity index (χ2v) is 7.84. The molecule has 0 aromatic heterocycles. The molecule has 0 N–H and O–H groups in total. The molecule has 2 rings (SSSR count). The van der Waals surface area contributed by atoms with Crippen molar-refractivity contribution in [3.8, 4) is 0 Å². The van der Waals surface area contributed by atoms with Gasteiger partial charge in [-0.15, -0.1) is 0 Å². The van der Waals surface area contributed by atoms with Crippen LogP contribution in [0.4, 0.5) is 0 Å². The first-order valence-electron chi connectivity index (χ1n) is 7.11. The van der Waals surface area contributed by atoms with E-state index >= 15 is 0 Å². The lowest BCUT2D eigenvalue weighted by Gasteiger charge is -2.30. The average molecular weight is 302 g/mol. The highest BCUT2D eigenvalue weighted by atomic mass is 32.2. The molecule has 2 fully saturated rings. The zero-order valence-corrected chi connectivity index (χ0v) is 12.9. The molecule has 7 heteroatoms. The van der Waals surface area contributed by atoms with Crippen LogP contribution in [0, 0.1) is 0 Å². The summed E-state index contributed by atoms with van der Waals surface area (Å²) in [4.78, 5) is 27.1. The van der Waals surface area contributed by atoms with Crippen molar-refractivity contribution in [2.24, 2.45) is 0 Å². The summed E-state index contributed by atoms with van der Waals surface area (Å²) in [7, 11) is -3.01. The Kier molecular flexibility index (Phi) is 4.36. The lowest BCUT2D eigenvalue weighted by Crippen LogP contribution is -2.47. The average Bonchev–Trinajstić information content (AvgIpc) is 3.12. The number of carbonyl (C=O) groups excluding carboxylic acids is 2. The van der Waals surface area contributed by atoms with Gasteiger partial charge in [0.25, 0.3) is 0 Å². The molecule has 1 heterocycles. The van der Waals surface area contributed by atoms with Gasteiger partial charge in [0.2, 0.25) is 11.8 Å². The van der Waals surface area contributed by atoms with E-state index in [1.54, 1.807) is 9.80 Å². The van der Waals surface area contributed by atoms with Gasteiger partial charge in [0.05, 0.1) is 18.1 Å². The van der Waals surface area contributed by atoms with Crippen LogP contribution in [0.1, 0.15) is 33.1 Å². The Morgan fingerprint density at radius 1 is 1.10 bits per heavy atom. The molecule has 1 aliphatic heterocycles. The predicted molar refractivity (Wildman–Crippen MR) is 74.9 cm³/mol. The number of hydrogen-bond donors (Lipinski definition) is 0. The highest BCUT2D eigenvalue weighted by molar-refractivity contribution is 7.91. The highest BCUT2D eigenvalue weighted by Crippen LogP contribution is 2.27. The Hall–Kier alpha value is -1.11. The van der Waals surface area contributed by atoms with Crippen molar-refractivity contribution in [3.63, 3.8) is 0 Å². The molecule has 1 aliphatic carbocycles. The third-order valence-electron chi connectivity index (χ3n) is 4.01. The summed E-state index contributed by atoms with van der Waals surface area (Å²) >= 11 is 0. The van der Waals surface area contributed by atoms with Crippen molar-refractivity contribution in [1.82, 2.24) is 9.80 Å². The Bertz CT molecular complexity index is 499. The first-order valence-corrected chi connectivity index (χ1v) is 8.93. The Balaban J connectivity index is 2.00. The van der Waals surface area contributed by atoms with Crippen LogP contribution in [0.3, 0.4) is 0 Å². The van der Waals surface area contributed by atoms with Crippen LogP contribution in [0.5, 0.6) is 0 Å². The number of rotatable bonds is 5. The van der Waals surface area contributed by atoms with E-state index in [0.717, 1.165) is 12.8 Å². The minimum Gasteiger partial charge on any atom is -0.337 e. The molecule has 0 radical (unpaired) electrons. The molecule has 1 saturated carbocycles. The fraction of sp³-hybridized carbons (Fsp3) is 0.846. The first kappa shape index (κ1) is 15.3. The molecule has 0 spiro atoms. The SMILES string of the molecule is CCN(C(=O)CN(C(C)=O)C1CC1)C1CCS(=O)(=O)C1. The van der Waals surface area contributed by atoms with Gasteiger partial charge in [-0.1, -0.05) is 0 Å². The van der Waals surface area contributed by atoms with Crippen molar-refractivity contribution in [3.05, 3.63) is 0 Å². The van der Waals surface area contributed by atoms with Crippen LogP contribution in [-0.4, -0.2) is 66.7 Å². The van der Waals surface area contributed by atoms with Gasteiger partial charge in [0.15, 0.2) is 9.84 Å². The van der Waals surface area contributed by atoms with Crippen LogP contribution in [0.2, 0.25) is 0 Å². The number of likely N-dealkylation sites (N-methyl/N-ethyl adjacent to an activating group) is 1. The second-order valence-electron chi connectivity index (χ2n) is 5.61. The monoisotopic (exact) mass is 302 g/mol. The highest BCUT2D eigenvalue weighted by Gasteiger charge is 2.37. The van der Waals surface area contributed by atoms with Crippen LogP contribution < -0.4 is 0 Å². The molecule has 1 saturated heterocycles. The molecule has 1 unspecified atom stereocenters. The van der Waals surface area contributed by atoms with Crippen molar-refractivity contribution in [2.45, 2.75) is 45.2 Å². The van der Waals surface area contributed by atoms with Crippen LogP contribution >= 0.6 is 0 Å². The molecule has 1 atom stereocenters. The summed E-state index contributed by atoms with van der Waals surface area (Å²) in [5.74, 6) is -0.0241. The molecule has 6 nitrogen and oxygen atoms in total. The van der Waals surface area contributed by atoms with Crippen molar-refractivity contribution in [2.75, 3.05) is 24.6 Å². The lowest BCUT2D eigenvalue weighted by atomic mass is 10.2. The predicted octanol–water partition coefficient (Wildman–Crippen LogP) is 0.0329. The fourth-order valence-electron chi connectivity index (χ4n) is 2.78. The third-order valence-corrected chi connectivity index (χ3v) is 5.76. The van der Waals surface area contributed by atoms with Gasteiger partial charge < -0.3 is 9.80 Å². The largest absolute Gasteiger partial charge is 0.337 e. The molecule has 114 valence electrons. The van der Waals surface area contributed by atoms with E-state index in [9.17, 15) is 18.0 Å². The van der Waals surface area contributed by atoms with Gasteiger partial charge >= 0.3 is 0 Å². The molecule has 0 aromatic rings. The maximum atomic E-state index is 12.4. The zero-order valence-electron chi connectivity index (χ0n) is 12.0. The quantitative estimate of drug-likeness (QED) is 0.718. The van der Waals surface area contributed by atoms with Crippen molar-refractivity contribution >= 4 is 21.7 Å². The van der Waals surface area contributed by atoms with E-state index in [1.165, 1.54) is 6.92 Å². The second kappa shape index (κ2) is 5.71. The standard InChI is InChI=1S/C13H22N2O4S/c1-3-14(12-6-7-20(18,19)9-12)13(17)8-15(10(2)16)11-4-5-11/h11-12H,3-9H2,1-2H3. The number of hydrogen-bond acceptors (Lipinski definition) is 4.